The van der Waals surface area contributed by atoms with Gasteiger partial charge in [0, 0.05) is 5.39 Å². The Hall–Kier alpha value is -3.18. The van der Waals surface area contributed by atoms with Crippen LogP contribution in [-0.4, -0.2) is 29.9 Å². The molecule has 4 aromatic rings. The molecule has 0 atom stereocenters. The van der Waals surface area contributed by atoms with Crippen LogP contribution in [0.3, 0.4) is 0 Å². The summed E-state index contributed by atoms with van der Waals surface area (Å²) in [5.41, 5.74) is 0.999. The quantitative estimate of drug-likeness (QED) is 0.460. The Labute approximate surface area is 178 Å². The van der Waals surface area contributed by atoms with Gasteiger partial charge < -0.3 is 5.32 Å². The molecular formula is C20H14F3N3O3S2. The summed E-state index contributed by atoms with van der Waals surface area (Å²) < 4.78 is 64.6. The summed E-state index contributed by atoms with van der Waals surface area (Å²) in [7, 11) is -4.89. The van der Waals surface area contributed by atoms with Crippen molar-refractivity contribution in [3.63, 3.8) is 0 Å². The van der Waals surface area contributed by atoms with Gasteiger partial charge in [-0.2, -0.15) is 13.9 Å². The zero-order chi connectivity index (χ0) is 22.3. The van der Waals surface area contributed by atoms with Crippen molar-refractivity contribution in [3.8, 4) is 5.69 Å². The van der Waals surface area contributed by atoms with E-state index >= 15 is 0 Å². The second-order valence-electron chi connectivity index (χ2n) is 6.56. The van der Waals surface area contributed by atoms with E-state index < -0.39 is 32.2 Å². The number of halogens is 3. The largest absolute Gasteiger partial charge is 0.341 e. The molecule has 0 radical (unpaired) electrons. The van der Waals surface area contributed by atoms with Crippen LogP contribution in [0.5, 0.6) is 0 Å². The molecule has 2 heterocycles. The van der Waals surface area contributed by atoms with Crippen LogP contribution < -0.4 is 5.32 Å². The number of benzene rings is 2. The Balaban J connectivity index is 1.71. The van der Waals surface area contributed by atoms with Gasteiger partial charge >= 0.3 is 5.76 Å². The predicted molar refractivity (Wildman–Crippen MR) is 111 cm³/mol. The fourth-order valence-electron chi connectivity index (χ4n) is 3.01. The molecule has 0 saturated carbocycles. The molecule has 0 fully saturated rings. The summed E-state index contributed by atoms with van der Waals surface area (Å²) in [5.74, 6) is -4.66. The van der Waals surface area contributed by atoms with E-state index in [9.17, 15) is 26.4 Å². The molecule has 2 aromatic heterocycles. The van der Waals surface area contributed by atoms with Crippen LogP contribution in [0.4, 0.5) is 18.9 Å². The van der Waals surface area contributed by atoms with E-state index in [0.29, 0.717) is 21.6 Å². The summed E-state index contributed by atoms with van der Waals surface area (Å²) in [6.07, 6.45) is 0. The number of carbonyl (C=O) groups excluding carboxylic acids is 1. The monoisotopic (exact) mass is 465 g/mol. The number of amides is 1. The highest BCUT2D eigenvalue weighted by molar-refractivity contribution is 7.91. The van der Waals surface area contributed by atoms with Crippen molar-refractivity contribution in [2.75, 3.05) is 5.32 Å². The van der Waals surface area contributed by atoms with Crippen molar-refractivity contribution in [2.24, 2.45) is 0 Å². The molecule has 1 N–H and O–H groups in total. The first-order valence-corrected chi connectivity index (χ1v) is 11.2. The van der Waals surface area contributed by atoms with Gasteiger partial charge in [-0.25, -0.2) is 17.5 Å². The molecule has 11 heteroatoms. The summed E-state index contributed by atoms with van der Waals surface area (Å²) in [6, 6.07) is 12.2. The third-order valence-corrected chi connectivity index (χ3v) is 7.06. The van der Waals surface area contributed by atoms with Gasteiger partial charge in [-0.15, -0.1) is 11.3 Å². The van der Waals surface area contributed by atoms with Crippen LogP contribution in [0.1, 0.15) is 15.4 Å². The number of para-hydroxylation sites is 1. The van der Waals surface area contributed by atoms with Crippen LogP contribution in [0.25, 0.3) is 15.9 Å². The summed E-state index contributed by atoms with van der Waals surface area (Å²) in [5, 5.41) is 7.50. The second kappa shape index (κ2) is 7.82. The second-order valence-corrected chi connectivity index (χ2v) is 9.48. The van der Waals surface area contributed by atoms with Crippen LogP contribution in [0, 0.1) is 12.7 Å². The fraction of sp³-hybridized carbons (Fsp3) is 0.100. The Kier molecular flexibility index (Phi) is 5.31. The van der Waals surface area contributed by atoms with E-state index in [0.717, 1.165) is 17.4 Å². The number of carbonyl (C=O) groups is 1. The molecule has 0 aliphatic heterocycles. The minimum Gasteiger partial charge on any atom is -0.320 e. The van der Waals surface area contributed by atoms with E-state index in [1.165, 1.54) is 30.3 Å². The molecule has 0 spiro atoms. The van der Waals surface area contributed by atoms with E-state index in [1.54, 1.807) is 29.8 Å². The Morgan fingerprint density at radius 3 is 2.48 bits per heavy atom. The Bertz CT molecular complexity index is 1390. The molecule has 0 unspecified atom stereocenters. The number of fused-ring (bicyclic) bond motifs is 1. The highest BCUT2D eigenvalue weighted by Gasteiger charge is 2.29. The van der Waals surface area contributed by atoms with Crippen LogP contribution in [-0.2, 0) is 9.84 Å². The zero-order valence-electron chi connectivity index (χ0n) is 15.8. The molecule has 160 valence electrons. The van der Waals surface area contributed by atoms with Gasteiger partial charge in [-0.3, -0.25) is 4.79 Å². The molecule has 0 aliphatic carbocycles. The van der Waals surface area contributed by atoms with Gasteiger partial charge in [0.05, 0.1) is 26.8 Å². The lowest BCUT2D eigenvalue weighted by atomic mass is 10.3. The smallest absolute Gasteiger partial charge is 0.320 e. The van der Waals surface area contributed by atoms with Crippen molar-refractivity contribution in [2.45, 2.75) is 17.6 Å². The summed E-state index contributed by atoms with van der Waals surface area (Å²) in [6.45, 7) is 1.75. The third kappa shape index (κ3) is 3.81. The van der Waals surface area contributed by atoms with E-state index in [4.69, 9.17) is 0 Å². The SMILES string of the molecule is Cc1nn(-c2ccc(F)cc2)c2sc(C(=O)Nc3ccccc3S(=O)(=O)C(F)F)cc12. The Morgan fingerprint density at radius 2 is 1.81 bits per heavy atom. The number of hydrogen-bond donors (Lipinski definition) is 1. The van der Waals surface area contributed by atoms with E-state index in [1.807, 2.05) is 0 Å². The molecule has 4 rings (SSSR count). The molecule has 1 amide bonds. The standard InChI is InChI=1S/C20H14F3N3O3S2/c1-11-14-10-16(30-19(14)26(25-11)13-8-6-12(21)7-9-13)18(27)24-15-4-2-3-5-17(15)31(28,29)20(22)23/h2-10,20H,1H3,(H,24,27). The number of aryl methyl sites for hydroxylation is 1. The van der Waals surface area contributed by atoms with Crippen molar-refractivity contribution >= 4 is 43.0 Å². The van der Waals surface area contributed by atoms with E-state index in [2.05, 4.69) is 10.4 Å². The number of aromatic nitrogens is 2. The molecule has 31 heavy (non-hydrogen) atoms. The number of alkyl halides is 2. The van der Waals surface area contributed by atoms with Gasteiger partial charge in [0.2, 0.25) is 9.84 Å². The molecular weight excluding hydrogens is 451 g/mol. The molecule has 2 aromatic carbocycles. The summed E-state index contributed by atoms with van der Waals surface area (Å²) in [4.78, 5) is 13.0. The number of sulfone groups is 1. The maximum Gasteiger partial charge on any atom is 0.341 e. The van der Waals surface area contributed by atoms with Crippen molar-refractivity contribution in [1.82, 2.24) is 9.78 Å². The van der Waals surface area contributed by atoms with Crippen molar-refractivity contribution < 1.29 is 26.4 Å². The predicted octanol–water partition coefficient (Wildman–Crippen LogP) is 4.78. The molecule has 0 bridgehead atoms. The number of hydrogen-bond acceptors (Lipinski definition) is 5. The number of anilines is 1. The third-order valence-electron chi connectivity index (χ3n) is 4.52. The van der Waals surface area contributed by atoms with Gasteiger partial charge in [0.25, 0.3) is 5.91 Å². The first-order valence-electron chi connectivity index (χ1n) is 8.86. The zero-order valence-corrected chi connectivity index (χ0v) is 17.5. The maximum atomic E-state index is 13.2. The van der Waals surface area contributed by atoms with Crippen LogP contribution >= 0.6 is 11.3 Å². The average Bonchev–Trinajstić information content (AvgIpc) is 3.30. The molecule has 0 aliphatic rings. The van der Waals surface area contributed by atoms with E-state index in [-0.39, 0.29) is 10.6 Å². The Morgan fingerprint density at radius 1 is 1.13 bits per heavy atom. The molecule has 0 saturated heterocycles. The lowest BCUT2D eigenvalue weighted by Gasteiger charge is -2.10. The van der Waals surface area contributed by atoms with Crippen molar-refractivity contribution in [1.29, 1.82) is 0 Å². The topological polar surface area (TPSA) is 81.1 Å². The van der Waals surface area contributed by atoms with Gasteiger partial charge in [0.1, 0.15) is 10.6 Å². The van der Waals surface area contributed by atoms with Crippen molar-refractivity contribution in [3.05, 3.63) is 71.0 Å². The average molecular weight is 465 g/mol. The highest BCUT2D eigenvalue weighted by atomic mass is 32.2. The number of nitrogens with one attached hydrogen (secondary N) is 1. The lowest BCUT2D eigenvalue weighted by Crippen LogP contribution is -2.17. The summed E-state index contributed by atoms with van der Waals surface area (Å²) >= 11 is 1.09. The van der Waals surface area contributed by atoms with Gasteiger partial charge in [-0.05, 0) is 49.4 Å². The minimum atomic E-state index is -4.89. The fourth-order valence-corrected chi connectivity index (χ4v) is 4.98. The molecule has 6 nitrogen and oxygen atoms in total. The van der Waals surface area contributed by atoms with Gasteiger partial charge in [0.15, 0.2) is 0 Å². The lowest BCUT2D eigenvalue weighted by molar-refractivity contribution is 0.103. The number of rotatable bonds is 5. The van der Waals surface area contributed by atoms with Crippen LogP contribution in [0.15, 0.2) is 59.5 Å². The number of thiophene rings is 1. The number of nitrogens with zero attached hydrogens (tertiary/aromatic N) is 2. The normalized spacial score (nSPS) is 11.9. The van der Waals surface area contributed by atoms with Crippen LogP contribution in [0.2, 0.25) is 0 Å². The highest BCUT2D eigenvalue weighted by Crippen LogP contribution is 2.32. The first kappa shape index (κ1) is 21.1. The first-order chi connectivity index (χ1) is 14.7. The maximum absolute atomic E-state index is 13.2. The minimum absolute atomic E-state index is 0.232. The van der Waals surface area contributed by atoms with Gasteiger partial charge in [-0.1, -0.05) is 12.1 Å².